The molecule has 0 aliphatic heterocycles. The molecule has 2 nitrogen and oxygen atoms in total. The van der Waals surface area contributed by atoms with Crippen LogP contribution in [0.1, 0.15) is 12.0 Å². The maximum absolute atomic E-state index is 11.1. The van der Waals surface area contributed by atoms with Gasteiger partial charge in [-0.2, -0.15) is 0 Å². The average Bonchev–Trinajstić information content (AvgIpc) is 2.17. The van der Waals surface area contributed by atoms with E-state index in [1.807, 2.05) is 24.3 Å². The van der Waals surface area contributed by atoms with Crippen molar-refractivity contribution >= 4 is 33.4 Å². The minimum Gasteiger partial charge on any atom is -0.352 e. The van der Waals surface area contributed by atoms with E-state index in [4.69, 9.17) is 11.6 Å². The monoisotopic (exact) mass is 275 g/mol. The van der Waals surface area contributed by atoms with Gasteiger partial charge in [-0.15, -0.1) is 0 Å². The summed E-state index contributed by atoms with van der Waals surface area (Å²) in [5, 5.41) is 4.21. The zero-order valence-electron chi connectivity index (χ0n) is 7.59. The fourth-order valence-electron chi connectivity index (χ4n) is 0.977. The van der Waals surface area contributed by atoms with Crippen LogP contribution < -0.4 is 5.32 Å². The van der Waals surface area contributed by atoms with Gasteiger partial charge >= 0.3 is 0 Å². The molecule has 0 bridgehead atoms. The Morgan fingerprint density at radius 2 is 2.00 bits per heavy atom. The normalized spacial score (nSPS) is 9.86. The van der Waals surface area contributed by atoms with Gasteiger partial charge in [-0.1, -0.05) is 39.7 Å². The number of hydrogen-bond donors (Lipinski definition) is 1. The fraction of sp³-hybridized carbons (Fsp3) is 0.300. The number of amides is 1. The highest BCUT2D eigenvalue weighted by atomic mass is 79.9. The van der Waals surface area contributed by atoms with E-state index in [9.17, 15) is 4.79 Å². The third-order valence-electron chi connectivity index (χ3n) is 1.72. The van der Waals surface area contributed by atoms with Gasteiger partial charge in [0.05, 0.1) is 0 Å². The Morgan fingerprint density at radius 3 is 2.57 bits per heavy atom. The highest BCUT2D eigenvalue weighted by Crippen LogP contribution is 2.09. The van der Waals surface area contributed by atoms with Gasteiger partial charge in [-0.25, -0.2) is 0 Å². The molecule has 14 heavy (non-hydrogen) atoms. The molecule has 1 aromatic rings. The van der Waals surface area contributed by atoms with Crippen molar-refractivity contribution in [3.63, 3.8) is 0 Å². The van der Waals surface area contributed by atoms with Crippen molar-refractivity contribution in [2.75, 3.05) is 5.33 Å². The molecule has 0 atom stereocenters. The number of benzene rings is 1. The first-order chi connectivity index (χ1) is 6.72. The van der Waals surface area contributed by atoms with E-state index in [1.165, 1.54) is 0 Å². The molecular weight excluding hydrogens is 265 g/mol. The van der Waals surface area contributed by atoms with Crippen molar-refractivity contribution in [1.29, 1.82) is 0 Å². The number of halogens is 2. The van der Waals surface area contributed by atoms with Gasteiger partial charge in [-0.3, -0.25) is 4.79 Å². The lowest BCUT2D eigenvalue weighted by atomic mass is 10.2. The van der Waals surface area contributed by atoms with Gasteiger partial charge in [0.1, 0.15) is 0 Å². The lowest BCUT2D eigenvalue weighted by Gasteiger charge is -2.03. The summed E-state index contributed by atoms with van der Waals surface area (Å²) in [6.45, 7) is 0.559. The van der Waals surface area contributed by atoms with Crippen molar-refractivity contribution in [2.24, 2.45) is 0 Å². The standard InChI is InChI=1S/C10H11BrClNO/c11-6-5-10(14)13-7-8-1-3-9(12)4-2-8/h1-4H,5-7H2,(H,13,14). The van der Waals surface area contributed by atoms with E-state index in [0.717, 1.165) is 5.56 Å². The van der Waals surface area contributed by atoms with Gasteiger partial charge in [0.15, 0.2) is 0 Å². The number of rotatable bonds is 4. The van der Waals surface area contributed by atoms with E-state index in [0.29, 0.717) is 23.3 Å². The Morgan fingerprint density at radius 1 is 1.36 bits per heavy atom. The largest absolute Gasteiger partial charge is 0.352 e. The molecule has 0 fully saturated rings. The SMILES string of the molecule is O=C(CCBr)NCc1ccc(Cl)cc1. The summed E-state index contributed by atoms with van der Waals surface area (Å²) in [5.74, 6) is 0.0526. The molecule has 0 aliphatic rings. The summed E-state index contributed by atoms with van der Waals surface area (Å²) in [6.07, 6.45) is 0.508. The van der Waals surface area contributed by atoms with Crippen LogP contribution in [-0.2, 0) is 11.3 Å². The molecule has 4 heteroatoms. The molecule has 0 heterocycles. The molecule has 0 saturated heterocycles. The Labute approximate surface area is 96.8 Å². The zero-order chi connectivity index (χ0) is 10.4. The van der Waals surface area contributed by atoms with Gasteiger partial charge in [0, 0.05) is 23.3 Å². The van der Waals surface area contributed by atoms with Gasteiger partial charge in [-0.05, 0) is 17.7 Å². The number of carbonyl (C=O) groups excluding carboxylic acids is 1. The topological polar surface area (TPSA) is 29.1 Å². The molecule has 0 radical (unpaired) electrons. The van der Waals surface area contributed by atoms with Crippen molar-refractivity contribution in [1.82, 2.24) is 5.32 Å². The maximum atomic E-state index is 11.1. The van der Waals surface area contributed by atoms with Crippen LogP contribution in [0, 0.1) is 0 Å². The molecule has 0 saturated carbocycles. The fourth-order valence-corrected chi connectivity index (χ4v) is 1.46. The van der Waals surface area contributed by atoms with Crippen molar-refractivity contribution in [3.8, 4) is 0 Å². The summed E-state index contributed by atoms with van der Waals surface area (Å²) >= 11 is 8.94. The first-order valence-electron chi connectivity index (χ1n) is 4.29. The van der Waals surface area contributed by atoms with E-state index in [1.54, 1.807) is 0 Å². The van der Waals surface area contributed by atoms with Gasteiger partial charge < -0.3 is 5.32 Å². The Kier molecular flexibility index (Phi) is 4.98. The lowest BCUT2D eigenvalue weighted by Crippen LogP contribution is -2.22. The van der Waals surface area contributed by atoms with E-state index in [2.05, 4.69) is 21.2 Å². The lowest BCUT2D eigenvalue weighted by molar-refractivity contribution is -0.120. The minimum atomic E-state index is 0.0526. The Balaban J connectivity index is 2.38. The Bertz CT molecular complexity index is 299. The highest BCUT2D eigenvalue weighted by molar-refractivity contribution is 9.09. The third-order valence-corrected chi connectivity index (χ3v) is 2.37. The predicted molar refractivity (Wildman–Crippen MR) is 61.7 cm³/mol. The summed E-state index contributed by atoms with van der Waals surface area (Å²) in [6, 6.07) is 7.43. The summed E-state index contributed by atoms with van der Waals surface area (Å²) in [4.78, 5) is 11.1. The first kappa shape index (κ1) is 11.5. The predicted octanol–water partition coefficient (Wildman–Crippen LogP) is 2.74. The van der Waals surface area contributed by atoms with Crippen LogP contribution in [0.5, 0.6) is 0 Å². The number of alkyl halides is 1. The number of carbonyl (C=O) groups is 1. The van der Waals surface area contributed by atoms with Crippen molar-refractivity contribution in [3.05, 3.63) is 34.9 Å². The van der Waals surface area contributed by atoms with Crippen LogP contribution in [0.25, 0.3) is 0 Å². The van der Waals surface area contributed by atoms with Gasteiger partial charge in [0.2, 0.25) is 5.91 Å². The van der Waals surface area contributed by atoms with Crippen molar-refractivity contribution < 1.29 is 4.79 Å². The quantitative estimate of drug-likeness (QED) is 0.842. The Hall–Kier alpha value is -0.540. The van der Waals surface area contributed by atoms with Crippen LogP contribution in [0.4, 0.5) is 0 Å². The molecule has 0 aliphatic carbocycles. The highest BCUT2D eigenvalue weighted by Gasteiger charge is 1.99. The first-order valence-corrected chi connectivity index (χ1v) is 5.79. The summed E-state index contributed by atoms with van der Waals surface area (Å²) in [5.41, 5.74) is 1.05. The molecule has 0 unspecified atom stereocenters. The molecule has 0 spiro atoms. The maximum Gasteiger partial charge on any atom is 0.221 e. The van der Waals surface area contributed by atoms with Crippen LogP contribution in [0.15, 0.2) is 24.3 Å². The number of nitrogens with one attached hydrogen (secondary N) is 1. The van der Waals surface area contributed by atoms with Crippen LogP contribution in [0.2, 0.25) is 5.02 Å². The summed E-state index contributed by atoms with van der Waals surface area (Å²) < 4.78 is 0. The van der Waals surface area contributed by atoms with E-state index < -0.39 is 0 Å². The third kappa shape index (κ3) is 4.11. The van der Waals surface area contributed by atoms with E-state index >= 15 is 0 Å². The molecule has 0 aromatic heterocycles. The van der Waals surface area contributed by atoms with Crippen LogP contribution in [0.3, 0.4) is 0 Å². The summed E-state index contributed by atoms with van der Waals surface area (Å²) in [7, 11) is 0. The second-order valence-corrected chi connectivity index (χ2v) is 4.07. The smallest absolute Gasteiger partial charge is 0.221 e. The number of hydrogen-bond acceptors (Lipinski definition) is 1. The van der Waals surface area contributed by atoms with E-state index in [-0.39, 0.29) is 5.91 Å². The second-order valence-electron chi connectivity index (χ2n) is 2.84. The second kappa shape index (κ2) is 6.04. The molecule has 1 rings (SSSR count). The van der Waals surface area contributed by atoms with Crippen LogP contribution in [-0.4, -0.2) is 11.2 Å². The van der Waals surface area contributed by atoms with Crippen LogP contribution >= 0.6 is 27.5 Å². The molecular formula is C10H11BrClNO. The molecule has 76 valence electrons. The van der Waals surface area contributed by atoms with Crippen molar-refractivity contribution in [2.45, 2.75) is 13.0 Å². The average molecular weight is 277 g/mol. The van der Waals surface area contributed by atoms with Gasteiger partial charge in [0.25, 0.3) is 0 Å². The minimum absolute atomic E-state index is 0.0526. The molecule has 1 N–H and O–H groups in total. The molecule has 1 amide bonds. The molecule has 1 aromatic carbocycles. The zero-order valence-corrected chi connectivity index (χ0v) is 9.94.